The number of hydrogen-bond acceptors (Lipinski definition) is 3. The molecule has 0 radical (unpaired) electrons. The first kappa shape index (κ1) is 20.3. The smallest absolute Gasteiger partial charge is 0.127 e. The van der Waals surface area contributed by atoms with Crippen molar-refractivity contribution in [2.75, 3.05) is 19.7 Å². The molecule has 1 aliphatic heterocycles. The van der Waals surface area contributed by atoms with Crippen LogP contribution in [0.1, 0.15) is 25.7 Å². The number of piperidine rings is 1. The van der Waals surface area contributed by atoms with Crippen molar-refractivity contribution in [2.24, 2.45) is 0 Å². The zero-order valence-corrected chi connectivity index (χ0v) is 15.7. The molecule has 4 nitrogen and oxygen atoms in total. The number of para-hydroxylation sites is 1. The lowest BCUT2D eigenvalue weighted by molar-refractivity contribution is -0.00000765. The minimum absolute atomic E-state index is 0. The van der Waals surface area contributed by atoms with Crippen molar-refractivity contribution in [2.45, 2.75) is 31.8 Å². The van der Waals surface area contributed by atoms with Gasteiger partial charge in [-0.2, -0.15) is 0 Å². The van der Waals surface area contributed by atoms with Crippen molar-refractivity contribution < 1.29 is 22.3 Å². The molecule has 0 aromatic heterocycles. The van der Waals surface area contributed by atoms with E-state index in [0.717, 1.165) is 42.8 Å². The average molecular weight is 374 g/mol. The molecule has 2 aromatic carbocycles. The van der Waals surface area contributed by atoms with Gasteiger partial charge in [-0.25, -0.2) is 0 Å². The van der Waals surface area contributed by atoms with Crippen molar-refractivity contribution in [1.29, 1.82) is 5.41 Å². The molecule has 1 unspecified atom stereocenters. The Kier molecular flexibility index (Phi) is 7.95. The molecule has 2 N–H and O–H groups in total. The van der Waals surface area contributed by atoms with Crippen LogP contribution in [0.25, 0.3) is 11.1 Å². The highest BCUT2D eigenvalue weighted by atomic mass is 35.5. The average Bonchev–Trinajstić information content (AvgIpc) is 2.68. The number of rotatable bonds is 6. The maximum Gasteiger partial charge on any atom is 0.127 e. The molecule has 2 aromatic rings. The second-order valence-electron chi connectivity index (χ2n) is 6.53. The molecule has 26 heavy (non-hydrogen) atoms. The molecule has 1 saturated heterocycles. The van der Waals surface area contributed by atoms with Gasteiger partial charge < -0.3 is 27.2 Å². The Labute approximate surface area is 161 Å². The van der Waals surface area contributed by atoms with Crippen LogP contribution < -0.4 is 17.1 Å². The van der Waals surface area contributed by atoms with Crippen LogP contribution in [-0.4, -0.2) is 41.6 Å². The largest absolute Gasteiger partial charge is 1.00 e. The van der Waals surface area contributed by atoms with Crippen molar-refractivity contribution in [1.82, 2.24) is 4.90 Å². The first-order valence-corrected chi connectivity index (χ1v) is 9.02. The van der Waals surface area contributed by atoms with Gasteiger partial charge in [0.05, 0.1) is 11.9 Å². The number of hydrogen-bond donors (Lipinski definition) is 2. The Morgan fingerprint density at radius 1 is 1.00 bits per heavy atom. The third kappa shape index (κ3) is 5.48. The molecule has 0 spiro atoms. The highest BCUT2D eigenvalue weighted by Crippen LogP contribution is 2.29. The van der Waals surface area contributed by atoms with Gasteiger partial charge in [-0.1, -0.05) is 48.5 Å². The van der Waals surface area contributed by atoms with Gasteiger partial charge in [0.2, 0.25) is 0 Å². The van der Waals surface area contributed by atoms with Gasteiger partial charge in [-0.3, -0.25) is 5.41 Å². The van der Waals surface area contributed by atoms with Gasteiger partial charge in [0.15, 0.2) is 0 Å². The van der Waals surface area contributed by atoms with Gasteiger partial charge in [-0.15, -0.1) is 0 Å². The summed E-state index contributed by atoms with van der Waals surface area (Å²) in [5.74, 6) is 1.28. The molecule has 5 heteroatoms. The van der Waals surface area contributed by atoms with E-state index in [2.05, 4.69) is 4.90 Å². The van der Waals surface area contributed by atoms with Gasteiger partial charge in [0, 0.05) is 25.1 Å². The molecular formula is C21H26ClN2O2-. The number of ether oxygens (including phenoxy) is 1. The number of aliphatic hydroxyl groups is 1. The highest BCUT2D eigenvalue weighted by molar-refractivity contribution is 5.79. The maximum atomic E-state index is 10.3. The molecule has 0 amide bonds. The fourth-order valence-electron chi connectivity index (χ4n) is 3.21. The van der Waals surface area contributed by atoms with Crippen LogP contribution in [0.4, 0.5) is 0 Å². The minimum atomic E-state index is -0.668. The van der Waals surface area contributed by atoms with E-state index in [9.17, 15) is 5.11 Å². The summed E-state index contributed by atoms with van der Waals surface area (Å²) in [6, 6.07) is 17.9. The Morgan fingerprint density at radius 3 is 2.38 bits per heavy atom. The van der Waals surface area contributed by atoms with E-state index in [4.69, 9.17) is 10.1 Å². The normalized spacial score (nSPS) is 15.0. The molecule has 3 rings (SSSR count). The van der Waals surface area contributed by atoms with E-state index >= 15 is 0 Å². The van der Waals surface area contributed by atoms with Gasteiger partial charge in [0.1, 0.15) is 12.4 Å². The van der Waals surface area contributed by atoms with Crippen LogP contribution in [0.15, 0.2) is 54.6 Å². The van der Waals surface area contributed by atoms with E-state index in [1.54, 1.807) is 0 Å². The van der Waals surface area contributed by atoms with Crippen LogP contribution in [0.2, 0.25) is 0 Å². The van der Waals surface area contributed by atoms with E-state index in [1.807, 2.05) is 54.6 Å². The fraction of sp³-hybridized carbons (Fsp3) is 0.381. The quantitative estimate of drug-likeness (QED) is 0.585. The highest BCUT2D eigenvalue weighted by Gasteiger charge is 2.17. The number of benzene rings is 2. The summed E-state index contributed by atoms with van der Waals surface area (Å²) in [5, 5.41) is 18.5. The Balaban J connectivity index is 0.00000243. The predicted octanol–water partition coefficient (Wildman–Crippen LogP) is 0.951. The lowest BCUT2D eigenvalue weighted by Gasteiger charge is -2.29. The Bertz CT molecular complexity index is 687. The monoisotopic (exact) mass is 373 g/mol. The van der Waals surface area contributed by atoms with E-state index in [0.29, 0.717) is 12.3 Å². The zero-order valence-electron chi connectivity index (χ0n) is 14.9. The molecule has 0 aliphatic carbocycles. The number of amidine groups is 1. The SMILES string of the molecule is N=C(CC(O)COc1ccccc1-c1ccccc1)N1CCCCC1.[Cl-]. The molecule has 0 bridgehead atoms. The standard InChI is InChI=1S/C21H26N2O2.ClH/c22-21(23-13-7-2-8-14-23)15-18(24)16-25-20-12-6-5-11-19(20)17-9-3-1-4-10-17;/h1,3-6,9-12,18,22,24H,2,7-8,13-16H2;1H/p-1. The lowest BCUT2D eigenvalue weighted by Crippen LogP contribution is -3.00. The van der Waals surface area contributed by atoms with Crippen LogP contribution in [0.3, 0.4) is 0 Å². The number of aliphatic hydroxyl groups excluding tert-OH is 1. The second-order valence-corrected chi connectivity index (χ2v) is 6.53. The summed E-state index contributed by atoms with van der Waals surface area (Å²) < 4.78 is 5.88. The maximum absolute atomic E-state index is 10.3. The van der Waals surface area contributed by atoms with E-state index in [-0.39, 0.29) is 19.0 Å². The lowest BCUT2D eigenvalue weighted by atomic mass is 10.0. The summed E-state index contributed by atoms with van der Waals surface area (Å²) in [4.78, 5) is 2.07. The molecular weight excluding hydrogens is 348 g/mol. The van der Waals surface area contributed by atoms with Gasteiger partial charge in [-0.05, 0) is 30.9 Å². The topological polar surface area (TPSA) is 56.6 Å². The molecule has 140 valence electrons. The van der Waals surface area contributed by atoms with E-state index < -0.39 is 6.10 Å². The Hall–Kier alpha value is -2.04. The third-order valence-electron chi connectivity index (χ3n) is 4.57. The van der Waals surface area contributed by atoms with Crippen LogP contribution in [-0.2, 0) is 0 Å². The predicted molar refractivity (Wildman–Crippen MR) is 101 cm³/mol. The number of nitrogens with one attached hydrogen (secondary N) is 1. The van der Waals surface area contributed by atoms with Crippen LogP contribution >= 0.6 is 0 Å². The van der Waals surface area contributed by atoms with Crippen LogP contribution in [0.5, 0.6) is 5.75 Å². The fourth-order valence-corrected chi connectivity index (χ4v) is 3.21. The van der Waals surface area contributed by atoms with E-state index in [1.165, 1.54) is 6.42 Å². The van der Waals surface area contributed by atoms with Crippen LogP contribution in [0, 0.1) is 5.41 Å². The van der Waals surface area contributed by atoms with Crippen molar-refractivity contribution in [3.63, 3.8) is 0 Å². The molecule has 1 aliphatic rings. The number of likely N-dealkylation sites (tertiary alicyclic amines) is 1. The Morgan fingerprint density at radius 2 is 1.65 bits per heavy atom. The van der Waals surface area contributed by atoms with Gasteiger partial charge in [0.25, 0.3) is 0 Å². The van der Waals surface area contributed by atoms with Crippen molar-refractivity contribution >= 4 is 5.84 Å². The summed E-state index contributed by atoms with van der Waals surface area (Å²) in [7, 11) is 0. The first-order chi connectivity index (χ1) is 12.2. The van der Waals surface area contributed by atoms with Crippen molar-refractivity contribution in [3.05, 3.63) is 54.6 Å². The minimum Gasteiger partial charge on any atom is -1.00 e. The zero-order chi connectivity index (χ0) is 17.5. The first-order valence-electron chi connectivity index (χ1n) is 9.02. The third-order valence-corrected chi connectivity index (χ3v) is 4.57. The van der Waals surface area contributed by atoms with Crippen molar-refractivity contribution in [3.8, 4) is 16.9 Å². The second kappa shape index (κ2) is 10.2. The van der Waals surface area contributed by atoms with Gasteiger partial charge >= 0.3 is 0 Å². The summed E-state index contributed by atoms with van der Waals surface area (Å²) in [6.07, 6.45) is 3.19. The summed E-state index contributed by atoms with van der Waals surface area (Å²) in [5.41, 5.74) is 2.11. The molecule has 1 heterocycles. The summed E-state index contributed by atoms with van der Waals surface area (Å²) >= 11 is 0. The molecule has 0 saturated carbocycles. The molecule has 1 fully saturated rings. The summed E-state index contributed by atoms with van der Waals surface area (Å²) in [6.45, 7) is 2.06. The number of halogens is 1. The number of nitrogens with zero attached hydrogens (tertiary/aromatic N) is 1. The molecule has 1 atom stereocenters.